The standard InChI is InChI=1S/C25H23ClN6O3S2/c1-32(2)25(33)35-18-7-15(27-10-18)3-5-19-9-20-23(28-13-29-24(20)37-19)31-16-4-6-22(21(26)8-16)34-11-17-12-36-14-30-17/h4,6,8-9,12-15,18,27H,7,10-11H2,1-2H3,(H,28,29,31). The maximum Gasteiger partial charge on any atom is 0.409 e. The van der Waals surface area contributed by atoms with E-state index in [4.69, 9.17) is 21.1 Å². The summed E-state index contributed by atoms with van der Waals surface area (Å²) in [7, 11) is 3.33. The Morgan fingerprint density at radius 3 is 2.97 bits per heavy atom. The zero-order chi connectivity index (χ0) is 25.8. The SMILES string of the molecule is CN(C)C(=O)OC1CNC(C#Cc2cc3c(Nc4ccc(OCc5cscn5)c(Cl)c4)ncnc3s2)C1. The van der Waals surface area contributed by atoms with E-state index in [-0.39, 0.29) is 18.2 Å². The number of anilines is 2. The van der Waals surface area contributed by atoms with Crippen molar-refractivity contribution < 1.29 is 14.3 Å². The molecule has 1 fully saturated rings. The molecule has 4 heterocycles. The molecule has 2 unspecified atom stereocenters. The van der Waals surface area contributed by atoms with Gasteiger partial charge < -0.3 is 19.7 Å². The topological polar surface area (TPSA) is 102 Å². The number of rotatable bonds is 6. The van der Waals surface area contributed by atoms with E-state index in [1.165, 1.54) is 33.9 Å². The maximum atomic E-state index is 11.8. The first-order valence-electron chi connectivity index (χ1n) is 11.4. The fourth-order valence-electron chi connectivity index (χ4n) is 3.62. The Labute approximate surface area is 226 Å². The summed E-state index contributed by atoms with van der Waals surface area (Å²) in [6.07, 6.45) is 1.64. The number of amides is 1. The van der Waals surface area contributed by atoms with Crippen LogP contribution >= 0.6 is 34.3 Å². The van der Waals surface area contributed by atoms with E-state index in [0.717, 1.165) is 26.5 Å². The minimum absolute atomic E-state index is 0.0488. The first kappa shape index (κ1) is 25.2. The zero-order valence-corrected chi connectivity index (χ0v) is 22.4. The third-order valence-corrected chi connectivity index (χ3v) is 7.36. The Balaban J connectivity index is 1.25. The predicted octanol–water partition coefficient (Wildman–Crippen LogP) is 4.90. The highest BCUT2D eigenvalue weighted by molar-refractivity contribution is 7.19. The van der Waals surface area contributed by atoms with Crippen LogP contribution in [-0.4, -0.2) is 58.7 Å². The Bertz CT molecular complexity index is 1460. The van der Waals surface area contributed by atoms with Crippen molar-refractivity contribution >= 4 is 62.1 Å². The minimum Gasteiger partial charge on any atom is -0.486 e. The average molecular weight is 555 g/mol. The molecule has 190 valence electrons. The summed E-state index contributed by atoms with van der Waals surface area (Å²) in [4.78, 5) is 27.9. The molecule has 3 aromatic heterocycles. The Morgan fingerprint density at radius 1 is 1.30 bits per heavy atom. The molecule has 5 rings (SSSR count). The van der Waals surface area contributed by atoms with Gasteiger partial charge in [0.15, 0.2) is 0 Å². The van der Waals surface area contributed by atoms with Gasteiger partial charge in [0.05, 0.1) is 32.5 Å². The number of halogens is 1. The summed E-state index contributed by atoms with van der Waals surface area (Å²) in [6.45, 7) is 0.946. The van der Waals surface area contributed by atoms with Gasteiger partial charge in [0, 0.05) is 38.1 Å². The Morgan fingerprint density at radius 2 is 2.19 bits per heavy atom. The lowest BCUT2D eigenvalue weighted by atomic mass is 10.2. The fourth-order valence-corrected chi connectivity index (χ4v) is 5.26. The van der Waals surface area contributed by atoms with Crippen LogP contribution in [0.1, 0.15) is 17.0 Å². The van der Waals surface area contributed by atoms with E-state index >= 15 is 0 Å². The molecule has 4 aromatic rings. The van der Waals surface area contributed by atoms with E-state index in [1.54, 1.807) is 25.7 Å². The molecule has 0 spiro atoms. The lowest BCUT2D eigenvalue weighted by molar-refractivity contribution is 0.0826. The number of carbonyl (C=O) groups is 1. The third kappa shape index (κ3) is 6.29. The lowest BCUT2D eigenvalue weighted by Crippen LogP contribution is -2.29. The van der Waals surface area contributed by atoms with Crippen LogP contribution in [0.4, 0.5) is 16.3 Å². The van der Waals surface area contributed by atoms with Gasteiger partial charge in [-0.2, -0.15) is 0 Å². The molecule has 9 nitrogen and oxygen atoms in total. The van der Waals surface area contributed by atoms with Crippen molar-refractivity contribution in [3.05, 3.63) is 57.1 Å². The molecule has 0 radical (unpaired) electrons. The van der Waals surface area contributed by atoms with Gasteiger partial charge in [-0.3, -0.25) is 5.32 Å². The number of hydrogen-bond donors (Lipinski definition) is 2. The van der Waals surface area contributed by atoms with E-state index in [9.17, 15) is 4.79 Å². The van der Waals surface area contributed by atoms with E-state index in [1.807, 2.05) is 23.6 Å². The van der Waals surface area contributed by atoms with Crippen LogP contribution in [0.25, 0.3) is 10.2 Å². The molecule has 1 aliphatic rings. The number of nitrogens with zero attached hydrogens (tertiary/aromatic N) is 4. The first-order valence-corrected chi connectivity index (χ1v) is 13.5. The van der Waals surface area contributed by atoms with Crippen LogP contribution in [-0.2, 0) is 11.3 Å². The highest BCUT2D eigenvalue weighted by Crippen LogP contribution is 2.33. The van der Waals surface area contributed by atoms with Crippen LogP contribution in [0.5, 0.6) is 5.75 Å². The van der Waals surface area contributed by atoms with Crippen molar-refractivity contribution in [2.45, 2.75) is 25.2 Å². The molecule has 2 N–H and O–H groups in total. The highest BCUT2D eigenvalue weighted by Gasteiger charge is 2.26. The number of aromatic nitrogens is 3. The van der Waals surface area contributed by atoms with Crippen LogP contribution in [0.2, 0.25) is 5.02 Å². The number of nitrogens with one attached hydrogen (secondary N) is 2. The molecule has 12 heteroatoms. The number of benzene rings is 1. The van der Waals surface area contributed by atoms with Gasteiger partial charge in [0.2, 0.25) is 0 Å². The van der Waals surface area contributed by atoms with Crippen molar-refractivity contribution in [3.63, 3.8) is 0 Å². The fraction of sp³-hybridized carbons (Fsp3) is 0.280. The summed E-state index contributed by atoms with van der Waals surface area (Å²) in [5, 5.41) is 9.91. The highest BCUT2D eigenvalue weighted by atomic mass is 35.5. The molecule has 0 bridgehead atoms. The van der Waals surface area contributed by atoms with Crippen LogP contribution < -0.4 is 15.4 Å². The number of ether oxygens (including phenoxy) is 2. The zero-order valence-electron chi connectivity index (χ0n) is 20.0. The molecule has 0 saturated carbocycles. The number of fused-ring (bicyclic) bond motifs is 1. The van der Waals surface area contributed by atoms with Crippen molar-refractivity contribution in [1.29, 1.82) is 0 Å². The molecule has 37 heavy (non-hydrogen) atoms. The molecule has 0 aliphatic carbocycles. The second-order valence-electron chi connectivity index (χ2n) is 8.46. The van der Waals surface area contributed by atoms with Gasteiger partial charge in [-0.25, -0.2) is 19.7 Å². The van der Waals surface area contributed by atoms with Gasteiger partial charge in [-0.15, -0.1) is 22.7 Å². The van der Waals surface area contributed by atoms with Gasteiger partial charge in [-0.1, -0.05) is 23.4 Å². The summed E-state index contributed by atoms with van der Waals surface area (Å²) < 4.78 is 11.2. The Kier molecular flexibility index (Phi) is 7.71. The maximum absolute atomic E-state index is 11.8. The third-order valence-electron chi connectivity index (χ3n) is 5.48. The Hall–Kier alpha value is -3.43. The van der Waals surface area contributed by atoms with Gasteiger partial charge in [-0.05, 0) is 24.3 Å². The van der Waals surface area contributed by atoms with Crippen molar-refractivity contribution in [3.8, 4) is 17.6 Å². The van der Waals surface area contributed by atoms with E-state index < -0.39 is 0 Å². The molecule has 2 atom stereocenters. The monoisotopic (exact) mass is 554 g/mol. The predicted molar refractivity (Wildman–Crippen MR) is 146 cm³/mol. The number of thiophene rings is 1. The van der Waals surface area contributed by atoms with Crippen LogP contribution in [0.3, 0.4) is 0 Å². The molecule has 1 saturated heterocycles. The molecule has 1 amide bonds. The molecule has 1 aliphatic heterocycles. The van der Waals surface area contributed by atoms with Gasteiger partial charge >= 0.3 is 6.09 Å². The van der Waals surface area contributed by atoms with Crippen molar-refractivity contribution in [1.82, 2.24) is 25.2 Å². The van der Waals surface area contributed by atoms with Crippen molar-refractivity contribution in [2.24, 2.45) is 0 Å². The summed E-state index contributed by atoms with van der Waals surface area (Å²) in [5.41, 5.74) is 3.40. The first-order chi connectivity index (χ1) is 17.9. The lowest BCUT2D eigenvalue weighted by Gasteiger charge is -2.15. The number of thiazole rings is 1. The van der Waals surface area contributed by atoms with Crippen molar-refractivity contribution in [2.75, 3.05) is 26.0 Å². The van der Waals surface area contributed by atoms with Crippen LogP contribution in [0.15, 0.2) is 41.5 Å². The molecule has 1 aromatic carbocycles. The summed E-state index contributed by atoms with van der Waals surface area (Å²) in [6, 6.07) is 7.42. The summed E-state index contributed by atoms with van der Waals surface area (Å²) >= 11 is 9.47. The summed E-state index contributed by atoms with van der Waals surface area (Å²) in [5.74, 6) is 7.71. The smallest absolute Gasteiger partial charge is 0.409 e. The minimum atomic E-state index is -0.345. The molecular formula is C25H23ClN6O3S2. The number of carbonyl (C=O) groups excluding carboxylic acids is 1. The second-order valence-corrected chi connectivity index (χ2v) is 10.6. The van der Waals surface area contributed by atoms with Gasteiger partial charge in [0.25, 0.3) is 0 Å². The van der Waals surface area contributed by atoms with Crippen LogP contribution in [0, 0.1) is 11.8 Å². The quantitative estimate of drug-likeness (QED) is 0.324. The van der Waals surface area contributed by atoms with E-state index in [0.29, 0.717) is 36.2 Å². The largest absolute Gasteiger partial charge is 0.486 e. The second kappa shape index (κ2) is 11.3. The van der Waals surface area contributed by atoms with Gasteiger partial charge in [0.1, 0.15) is 35.4 Å². The molecular weight excluding hydrogens is 532 g/mol. The normalized spacial score (nSPS) is 16.7. The number of hydrogen-bond acceptors (Lipinski definition) is 10. The average Bonchev–Trinajstić information content (AvgIpc) is 3.63. The van der Waals surface area contributed by atoms with E-state index in [2.05, 4.69) is 37.4 Å².